The number of nitrogens with zero attached hydrogens (tertiary/aromatic N) is 2. The Morgan fingerprint density at radius 1 is 1.38 bits per heavy atom. The van der Waals surface area contributed by atoms with Gasteiger partial charge in [-0.25, -0.2) is 0 Å². The van der Waals surface area contributed by atoms with Crippen molar-refractivity contribution in [2.45, 2.75) is 58.2 Å². The smallest absolute Gasteiger partial charge is 0.303 e. The standard InChI is InChI=1S/C25H30N2O7/c1-13(28)33-12-21(31)25-18(19(11-26-32)27-34-25)9-17-16-5-4-14-8-15(29)6-7-23(14,2)22(16)20(30)10-24(17,25)3/h6-8,11,16-18,20,22,30,32H,4-5,9-10,12H2,1-3H3/b26-11+/t16-,17-,18-,20?,22+,23-,24-,25-/m0/s1. The minimum atomic E-state index is -1.43. The third kappa shape index (κ3) is 2.85. The molecule has 0 aromatic heterocycles. The lowest BCUT2D eigenvalue weighted by molar-refractivity contribution is -0.193. The van der Waals surface area contributed by atoms with Crippen molar-refractivity contribution in [1.82, 2.24) is 0 Å². The summed E-state index contributed by atoms with van der Waals surface area (Å²) in [5.41, 5.74) is -1.23. The van der Waals surface area contributed by atoms with Gasteiger partial charge in [-0.3, -0.25) is 14.4 Å². The molecule has 9 heteroatoms. The number of esters is 1. The maximum Gasteiger partial charge on any atom is 0.303 e. The molecule has 5 rings (SSSR count). The van der Waals surface area contributed by atoms with E-state index >= 15 is 0 Å². The number of hydrogen-bond acceptors (Lipinski definition) is 9. The normalized spacial score (nSPS) is 44.4. The summed E-state index contributed by atoms with van der Waals surface area (Å²) in [4.78, 5) is 43.0. The van der Waals surface area contributed by atoms with Crippen LogP contribution in [0.2, 0.25) is 0 Å². The van der Waals surface area contributed by atoms with E-state index in [0.717, 1.165) is 18.4 Å². The third-order valence-corrected chi connectivity index (χ3v) is 9.38. The van der Waals surface area contributed by atoms with E-state index in [2.05, 4.69) is 17.2 Å². The zero-order chi connectivity index (χ0) is 24.5. The number of hydrogen-bond donors (Lipinski definition) is 2. The lowest BCUT2D eigenvalue weighted by atomic mass is 9.46. The average Bonchev–Trinajstić information content (AvgIpc) is 3.26. The largest absolute Gasteiger partial charge is 0.458 e. The number of ether oxygens (including phenoxy) is 1. The number of oxime groups is 2. The van der Waals surface area contributed by atoms with Gasteiger partial charge in [0.2, 0.25) is 11.4 Å². The Hall–Kier alpha value is -2.81. The number of aliphatic hydroxyl groups is 1. The van der Waals surface area contributed by atoms with E-state index in [0.29, 0.717) is 18.6 Å². The molecule has 1 unspecified atom stereocenters. The van der Waals surface area contributed by atoms with Crippen LogP contribution >= 0.6 is 0 Å². The molecule has 3 fully saturated rings. The molecule has 0 amide bonds. The first-order valence-electron chi connectivity index (χ1n) is 11.8. The Morgan fingerprint density at radius 2 is 2.15 bits per heavy atom. The highest BCUT2D eigenvalue weighted by Crippen LogP contribution is 2.70. The van der Waals surface area contributed by atoms with Crippen molar-refractivity contribution in [2.75, 3.05) is 6.61 Å². The summed E-state index contributed by atoms with van der Waals surface area (Å²) in [5, 5.41) is 28.0. The second-order valence-corrected chi connectivity index (χ2v) is 10.8. The van der Waals surface area contributed by atoms with Crippen LogP contribution in [0.5, 0.6) is 0 Å². The number of carbonyl (C=O) groups is 3. The number of Topliss-reactive ketones (excluding diaryl/α,β-unsaturated/α-hetero) is 1. The fraction of sp³-hybridized carbons (Fsp3) is 0.640. The summed E-state index contributed by atoms with van der Waals surface area (Å²) in [6.07, 6.45) is 8.07. The second-order valence-electron chi connectivity index (χ2n) is 10.8. The number of carbonyl (C=O) groups excluding carboxylic acids is 3. The van der Waals surface area contributed by atoms with Gasteiger partial charge in [0.15, 0.2) is 12.4 Å². The molecule has 4 aliphatic carbocycles. The molecule has 2 N–H and O–H groups in total. The van der Waals surface area contributed by atoms with Crippen molar-refractivity contribution < 1.29 is 34.3 Å². The molecule has 1 heterocycles. The molecule has 9 nitrogen and oxygen atoms in total. The lowest BCUT2D eigenvalue weighted by Gasteiger charge is -2.59. The summed E-state index contributed by atoms with van der Waals surface area (Å²) in [6.45, 7) is 4.84. The zero-order valence-corrected chi connectivity index (χ0v) is 19.6. The zero-order valence-electron chi connectivity index (χ0n) is 19.6. The summed E-state index contributed by atoms with van der Waals surface area (Å²) in [7, 11) is 0. The number of ketones is 2. The SMILES string of the molecule is CC(=O)OCC(=O)[C@@]12ON=C(/C=N/O)[C@@H]1C[C@H]1[C@@H]3CCC4=CC(=O)C=C[C@]4(C)[C@H]3C(O)C[C@@]12C. The van der Waals surface area contributed by atoms with Crippen molar-refractivity contribution in [3.8, 4) is 0 Å². The fourth-order valence-electron chi connectivity index (χ4n) is 8.05. The van der Waals surface area contributed by atoms with Crippen molar-refractivity contribution in [1.29, 1.82) is 0 Å². The van der Waals surface area contributed by atoms with Crippen LogP contribution in [0.25, 0.3) is 0 Å². The number of allylic oxidation sites excluding steroid dienone is 4. The van der Waals surface area contributed by atoms with Gasteiger partial charge in [-0.1, -0.05) is 35.8 Å². The molecule has 3 saturated carbocycles. The highest BCUT2D eigenvalue weighted by Gasteiger charge is 2.76. The maximum atomic E-state index is 13.6. The summed E-state index contributed by atoms with van der Waals surface area (Å²) < 4.78 is 5.06. The first kappa shape index (κ1) is 23.0. The van der Waals surface area contributed by atoms with Gasteiger partial charge in [-0.15, -0.1) is 0 Å². The van der Waals surface area contributed by atoms with Gasteiger partial charge in [-0.05, 0) is 49.7 Å². The molecule has 8 atom stereocenters. The Morgan fingerprint density at radius 3 is 2.85 bits per heavy atom. The Labute approximate surface area is 197 Å². The van der Waals surface area contributed by atoms with Gasteiger partial charge in [0.05, 0.1) is 18.2 Å². The van der Waals surface area contributed by atoms with Crippen LogP contribution in [0.3, 0.4) is 0 Å². The minimum absolute atomic E-state index is 0.00849. The maximum absolute atomic E-state index is 13.6. The fourth-order valence-corrected chi connectivity index (χ4v) is 8.05. The van der Waals surface area contributed by atoms with E-state index in [1.807, 2.05) is 13.0 Å². The predicted molar refractivity (Wildman–Crippen MR) is 120 cm³/mol. The third-order valence-electron chi connectivity index (χ3n) is 9.38. The van der Waals surface area contributed by atoms with Gasteiger partial charge >= 0.3 is 5.97 Å². The van der Waals surface area contributed by atoms with Crippen molar-refractivity contribution in [3.05, 3.63) is 23.8 Å². The van der Waals surface area contributed by atoms with Crippen LogP contribution in [0.4, 0.5) is 0 Å². The van der Waals surface area contributed by atoms with Crippen LogP contribution in [0.1, 0.15) is 46.5 Å². The van der Waals surface area contributed by atoms with Crippen LogP contribution in [-0.2, 0) is 24.0 Å². The minimum Gasteiger partial charge on any atom is -0.458 e. The van der Waals surface area contributed by atoms with E-state index in [9.17, 15) is 24.7 Å². The van der Waals surface area contributed by atoms with Crippen LogP contribution in [0.15, 0.2) is 34.1 Å². The molecule has 0 spiro atoms. The molecule has 0 aromatic rings. The van der Waals surface area contributed by atoms with Gasteiger partial charge in [0.1, 0.15) is 5.71 Å². The molecule has 0 bridgehead atoms. The average molecular weight is 471 g/mol. The van der Waals surface area contributed by atoms with E-state index in [1.54, 1.807) is 12.2 Å². The molecule has 0 saturated heterocycles. The van der Waals surface area contributed by atoms with Gasteiger partial charge < -0.3 is 19.9 Å². The number of fused-ring (bicyclic) bond motifs is 7. The van der Waals surface area contributed by atoms with E-state index in [-0.39, 0.29) is 23.5 Å². The molecule has 1 aliphatic heterocycles. The molecule has 182 valence electrons. The molecule has 0 radical (unpaired) electrons. The van der Waals surface area contributed by atoms with Crippen LogP contribution in [-0.4, -0.2) is 58.1 Å². The molecule has 34 heavy (non-hydrogen) atoms. The summed E-state index contributed by atoms with van der Waals surface area (Å²) >= 11 is 0. The molecular formula is C25H30N2O7. The predicted octanol–water partition coefficient (Wildman–Crippen LogP) is 2.21. The first-order valence-corrected chi connectivity index (χ1v) is 11.8. The van der Waals surface area contributed by atoms with Gasteiger partial charge in [0.25, 0.3) is 0 Å². The molecule has 5 aliphatic rings. The molecule has 0 aromatic carbocycles. The Kier molecular flexibility index (Phi) is 5.13. The highest BCUT2D eigenvalue weighted by molar-refractivity contribution is 6.33. The van der Waals surface area contributed by atoms with Crippen LogP contribution in [0, 0.1) is 34.5 Å². The summed E-state index contributed by atoms with van der Waals surface area (Å²) in [6, 6.07) is 0. The molecular weight excluding hydrogens is 440 g/mol. The first-order chi connectivity index (χ1) is 16.1. The van der Waals surface area contributed by atoms with Crippen molar-refractivity contribution in [2.24, 2.45) is 44.8 Å². The lowest BCUT2D eigenvalue weighted by Crippen LogP contribution is -2.63. The quantitative estimate of drug-likeness (QED) is 0.278. The highest BCUT2D eigenvalue weighted by atomic mass is 16.7. The van der Waals surface area contributed by atoms with E-state index in [4.69, 9.17) is 9.57 Å². The van der Waals surface area contributed by atoms with Crippen LogP contribution < -0.4 is 0 Å². The topological polar surface area (TPSA) is 135 Å². The number of rotatable bonds is 4. The van der Waals surface area contributed by atoms with Gasteiger partial charge in [0, 0.05) is 23.7 Å². The Balaban J connectivity index is 1.57. The second kappa shape index (κ2) is 7.60. The Bertz CT molecular complexity index is 1080. The van der Waals surface area contributed by atoms with E-state index < -0.39 is 46.8 Å². The van der Waals surface area contributed by atoms with Crippen molar-refractivity contribution >= 4 is 29.5 Å². The van der Waals surface area contributed by atoms with Crippen molar-refractivity contribution in [3.63, 3.8) is 0 Å². The van der Waals surface area contributed by atoms with E-state index in [1.165, 1.54) is 13.1 Å². The van der Waals surface area contributed by atoms with Gasteiger partial charge in [-0.2, -0.15) is 0 Å². The summed E-state index contributed by atoms with van der Waals surface area (Å²) in [5.74, 6) is -1.51. The number of aliphatic hydroxyl groups excluding tert-OH is 1. The monoisotopic (exact) mass is 470 g/mol.